The quantitative estimate of drug-likeness (QED) is 0.157. The van der Waals surface area contributed by atoms with Crippen LogP contribution in [0.25, 0.3) is 0 Å². The van der Waals surface area contributed by atoms with Gasteiger partial charge in [0.15, 0.2) is 18.3 Å². The molecule has 0 N–H and O–H groups in total. The number of allylic oxidation sites excluding steroid dienone is 5. The Bertz CT molecular complexity index is 933. The van der Waals surface area contributed by atoms with Crippen LogP contribution in [0.1, 0.15) is 81.1 Å². The van der Waals surface area contributed by atoms with Gasteiger partial charge in [0.05, 0.1) is 0 Å². The van der Waals surface area contributed by atoms with E-state index < -0.39 is 53.7 Å². The van der Waals surface area contributed by atoms with Crippen molar-refractivity contribution in [3.8, 4) is 0 Å². The van der Waals surface area contributed by atoms with Crippen LogP contribution in [0.2, 0.25) is 0 Å². The van der Waals surface area contributed by atoms with E-state index in [0.717, 1.165) is 25.7 Å². The molecule has 0 saturated carbocycles. The van der Waals surface area contributed by atoms with Crippen LogP contribution in [0, 0.1) is 0 Å². The van der Waals surface area contributed by atoms with Gasteiger partial charge in [-0.1, -0.05) is 34.9 Å². The summed E-state index contributed by atoms with van der Waals surface area (Å²) < 4.78 is 27.6. The van der Waals surface area contributed by atoms with Gasteiger partial charge in [0, 0.05) is 33.4 Å². The Labute approximate surface area is 236 Å². The molecule has 0 unspecified atom stereocenters. The number of hydrogen-bond acceptors (Lipinski definition) is 10. The Morgan fingerprint density at radius 3 is 1.72 bits per heavy atom. The van der Waals surface area contributed by atoms with Crippen molar-refractivity contribution in [3.05, 3.63) is 34.9 Å². The van der Waals surface area contributed by atoms with Crippen LogP contribution in [0.3, 0.4) is 0 Å². The maximum atomic E-state index is 11.9. The lowest BCUT2D eigenvalue weighted by Gasteiger charge is -2.44. The molecule has 10 heteroatoms. The van der Waals surface area contributed by atoms with E-state index in [1.807, 2.05) is 0 Å². The predicted octanol–water partition coefficient (Wildman–Crippen LogP) is 5.22. The van der Waals surface area contributed by atoms with Crippen LogP contribution >= 0.6 is 11.8 Å². The molecule has 0 aliphatic carbocycles. The minimum absolute atomic E-state index is 0.233. The fraction of sp³-hybridized carbons (Fsp3) is 0.655. The van der Waals surface area contributed by atoms with Gasteiger partial charge in [-0.05, 0) is 53.4 Å². The molecule has 1 heterocycles. The molecule has 0 aromatic rings. The van der Waals surface area contributed by atoms with Crippen LogP contribution in [-0.4, -0.2) is 66.1 Å². The lowest BCUT2D eigenvalue weighted by molar-refractivity contribution is -0.237. The Morgan fingerprint density at radius 2 is 1.18 bits per heavy atom. The summed E-state index contributed by atoms with van der Waals surface area (Å²) in [6, 6.07) is 0. The van der Waals surface area contributed by atoms with Crippen LogP contribution < -0.4 is 0 Å². The topological polar surface area (TPSA) is 114 Å². The molecule has 1 aliphatic rings. The number of carbonyl (C=O) groups excluding carboxylic acids is 4. The maximum Gasteiger partial charge on any atom is 0.303 e. The third-order valence-corrected chi connectivity index (χ3v) is 6.83. The molecule has 1 rings (SSSR count). The summed E-state index contributed by atoms with van der Waals surface area (Å²) in [5, 5.41) is 0. The molecule has 0 aromatic carbocycles. The summed E-state index contributed by atoms with van der Waals surface area (Å²) in [5.74, 6) is -1.92. The fourth-order valence-corrected chi connectivity index (χ4v) is 5.14. The van der Waals surface area contributed by atoms with E-state index in [1.54, 1.807) is 0 Å². The van der Waals surface area contributed by atoms with Gasteiger partial charge in [0.2, 0.25) is 0 Å². The second-order valence-corrected chi connectivity index (χ2v) is 11.0. The summed E-state index contributed by atoms with van der Waals surface area (Å²) in [6.07, 6.45) is 6.25. The van der Waals surface area contributed by atoms with E-state index in [1.165, 1.54) is 56.2 Å². The molecule has 0 radical (unpaired) electrons. The van der Waals surface area contributed by atoms with Crippen molar-refractivity contribution in [1.82, 2.24) is 0 Å². The van der Waals surface area contributed by atoms with E-state index in [2.05, 4.69) is 45.9 Å². The van der Waals surface area contributed by atoms with Crippen molar-refractivity contribution in [2.45, 2.75) is 111 Å². The lowest BCUT2D eigenvalue weighted by atomic mass is 9.99. The van der Waals surface area contributed by atoms with Crippen molar-refractivity contribution in [2.24, 2.45) is 0 Å². The minimum Gasteiger partial charge on any atom is -0.463 e. The molecule has 5 atom stereocenters. The Morgan fingerprint density at radius 1 is 0.667 bits per heavy atom. The molecule has 0 aromatic heterocycles. The van der Waals surface area contributed by atoms with Crippen molar-refractivity contribution in [1.29, 1.82) is 0 Å². The predicted molar refractivity (Wildman–Crippen MR) is 150 cm³/mol. The normalized spacial score (nSPS) is 23.4. The van der Waals surface area contributed by atoms with Crippen LogP contribution in [0.5, 0.6) is 0 Å². The van der Waals surface area contributed by atoms with E-state index in [0.29, 0.717) is 5.75 Å². The molecular formula is C29H44O9S. The summed E-state index contributed by atoms with van der Waals surface area (Å²) in [6.45, 7) is 13.1. The first-order valence-corrected chi connectivity index (χ1v) is 14.2. The average molecular weight is 569 g/mol. The fourth-order valence-electron chi connectivity index (χ4n) is 3.95. The summed E-state index contributed by atoms with van der Waals surface area (Å²) >= 11 is 1.35. The highest BCUT2D eigenvalue weighted by molar-refractivity contribution is 7.99. The second kappa shape index (κ2) is 17.9. The third-order valence-electron chi connectivity index (χ3n) is 5.76. The Balaban J connectivity index is 2.99. The van der Waals surface area contributed by atoms with E-state index in [-0.39, 0.29) is 6.61 Å². The third kappa shape index (κ3) is 14.4. The molecule has 1 saturated heterocycles. The van der Waals surface area contributed by atoms with Crippen molar-refractivity contribution < 1.29 is 42.9 Å². The highest BCUT2D eigenvalue weighted by Gasteiger charge is 2.52. The van der Waals surface area contributed by atoms with E-state index >= 15 is 0 Å². The van der Waals surface area contributed by atoms with E-state index in [9.17, 15) is 19.2 Å². The molecule has 1 aliphatic heterocycles. The number of hydrogen-bond donors (Lipinski definition) is 0. The first-order chi connectivity index (χ1) is 18.3. The van der Waals surface area contributed by atoms with Gasteiger partial charge >= 0.3 is 23.9 Å². The summed E-state index contributed by atoms with van der Waals surface area (Å²) in [4.78, 5) is 47.2. The average Bonchev–Trinajstić information content (AvgIpc) is 2.80. The Kier molecular flexibility index (Phi) is 15.8. The van der Waals surface area contributed by atoms with Gasteiger partial charge in [0.1, 0.15) is 18.1 Å². The van der Waals surface area contributed by atoms with Crippen molar-refractivity contribution in [3.63, 3.8) is 0 Å². The van der Waals surface area contributed by atoms with Crippen LogP contribution in [-0.2, 0) is 42.9 Å². The van der Waals surface area contributed by atoms with Crippen LogP contribution in [0.4, 0.5) is 0 Å². The number of thioether (sulfide) groups is 1. The summed E-state index contributed by atoms with van der Waals surface area (Å²) in [7, 11) is 0. The number of esters is 4. The molecule has 1 fully saturated rings. The van der Waals surface area contributed by atoms with Gasteiger partial charge < -0.3 is 23.7 Å². The molecule has 9 nitrogen and oxygen atoms in total. The van der Waals surface area contributed by atoms with Gasteiger partial charge in [0.25, 0.3) is 0 Å². The molecule has 220 valence electrons. The van der Waals surface area contributed by atoms with Crippen molar-refractivity contribution in [2.75, 3.05) is 12.4 Å². The number of carbonyl (C=O) groups is 4. The zero-order valence-electron chi connectivity index (χ0n) is 24.4. The Hall–Kier alpha value is -2.59. The molecule has 39 heavy (non-hydrogen) atoms. The zero-order valence-corrected chi connectivity index (χ0v) is 25.3. The largest absolute Gasteiger partial charge is 0.463 e. The monoisotopic (exact) mass is 568 g/mol. The molecular weight excluding hydrogens is 524 g/mol. The second-order valence-electron chi connectivity index (χ2n) is 9.86. The molecule has 0 bridgehead atoms. The van der Waals surface area contributed by atoms with Gasteiger partial charge in [-0.15, -0.1) is 11.8 Å². The zero-order chi connectivity index (χ0) is 29.5. The number of rotatable bonds is 14. The van der Waals surface area contributed by atoms with E-state index in [4.69, 9.17) is 23.7 Å². The smallest absolute Gasteiger partial charge is 0.303 e. The molecule has 0 spiro atoms. The minimum atomic E-state index is -1.15. The van der Waals surface area contributed by atoms with Crippen molar-refractivity contribution >= 4 is 35.6 Å². The molecule has 0 amide bonds. The maximum absolute atomic E-state index is 11.9. The SMILES string of the molecule is CC(=O)OC[C@H]1O[C@@H](SC/C=C(\C)CC/C=C(\C)CCC=C(C)C)[C@H](OC(C)=O)[C@@H](OC(C)=O)[C@@H]1OC(C)=O. The van der Waals surface area contributed by atoms with Crippen LogP contribution in [0.15, 0.2) is 34.9 Å². The van der Waals surface area contributed by atoms with Gasteiger partial charge in [-0.3, -0.25) is 19.2 Å². The first kappa shape index (κ1) is 34.4. The standard InChI is InChI=1S/C29H44O9S/c1-18(2)11-9-12-19(3)13-10-14-20(4)15-16-39-29-28(37-24(8)33)27(36-23(7)32)26(35-22(6)31)25(38-29)17-34-21(5)30/h11,13,15,25-29H,9-10,12,14,16-17H2,1-8H3/b19-13+,20-15+/t25-,26-,27+,28-,29+/m1/s1. The first-order valence-electron chi connectivity index (χ1n) is 13.2. The highest BCUT2D eigenvalue weighted by Crippen LogP contribution is 2.34. The lowest BCUT2D eigenvalue weighted by Crippen LogP contribution is -2.61. The van der Waals surface area contributed by atoms with Gasteiger partial charge in [-0.2, -0.15) is 0 Å². The van der Waals surface area contributed by atoms with Gasteiger partial charge in [-0.25, -0.2) is 0 Å². The summed E-state index contributed by atoms with van der Waals surface area (Å²) in [5.41, 5.74) is 3.12. The highest BCUT2D eigenvalue weighted by atomic mass is 32.2. The number of ether oxygens (including phenoxy) is 5.